The van der Waals surface area contributed by atoms with Crippen LogP contribution in [0.25, 0.3) is 0 Å². The summed E-state index contributed by atoms with van der Waals surface area (Å²) in [5.41, 5.74) is 12.1. The molecule has 0 saturated carbocycles. The van der Waals surface area contributed by atoms with Crippen molar-refractivity contribution in [1.82, 2.24) is 0 Å². The third-order valence-corrected chi connectivity index (χ3v) is 12.0. The Balaban J connectivity index is 5.79. The predicted octanol–water partition coefficient (Wildman–Crippen LogP) is 5.12. The van der Waals surface area contributed by atoms with Crippen LogP contribution in [-0.2, 0) is 9.32 Å². The van der Waals surface area contributed by atoms with Gasteiger partial charge in [0.1, 0.15) is 0 Å². The minimum atomic E-state index is -2.61. The summed E-state index contributed by atoms with van der Waals surface area (Å²) in [6.45, 7) is 8.93. The second kappa shape index (κ2) is 13.1. The fraction of sp³-hybridized carbons (Fsp3) is 0.952. The molecule has 4 N–H and O–H groups in total. The first-order valence-corrected chi connectivity index (χ1v) is 13.9. The maximum absolute atomic E-state index is 13.0. The maximum atomic E-state index is 13.0. The van der Waals surface area contributed by atoms with Crippen molar-refractivity contribution in [1.29, 1.82) is 0 Å². The van der Waals surface area contributed by atoms with E-state index in [9.17, 15) is 4.79 Å². The molecule has 0 aromatic heterocycles. The Hall–Kier alpha value is -0.180. The van der Waals surface area contributed by atoms with E-state index in [2.05, 4.69) is 34.6 Å². The molecule has 0 spiro atoms. The van der Waals surface area contributed by atoms with Crippen molar-refractivity contribution in [2.75, 3.05) is 31.2 Å². The molecule has 0 radical (unpaired) electrons. The van der Waals surface area contributed by atoms with Crippen LogP contribution in [0.5, 0.6) is 0 Å². The molecule has 0 amide bonds. The number of nitrogens with two attached hydrogens (primary N) is 2. The van der Waals surface area contributed by atoms with Crippen molar-refractivity contribution in [2.45, 2.75) is 92.0 Å². The number of hydrogen-bond donors (Lipinski definition) is 2. The van der Waals surface area contributed by atoms with Gasteiger partial charge in [0, 0.05) is 0 Å². The molecule has 158 valence electrons. The average molecular weight is 391 g/mol. The molecule has 5 heteroatoms. The van der Waals surface area contributed by atoms with Gasteiger partial charge >= 0.3 is 163 Å². The van der Waals surface area contributed by atoms with Crippen LogP contribution >= 0.6 is 6.83 Å². The van der Waals surface area contributed by atoms with Crippen molar-refractivity contribution in [2.24, 2.45) is 17.4 Å². The van der Waals surface area contributed by atoms with E-state index in [1.165, 1.54) is 0 Å². The van der Waals surface area contributed by atoms with E-state index in [1.54, 1.807) is 0 Å². The molecule has 0 unspecified atom stereocenters. The van der Waals surface area contributed by atoms with Crippen molar-refractivity contribution < 1.29 is 9.32 Å². The van der Waals surface area contributed by atoms with Crippen LogP contribution in [0, 0.1) is 5.92 Å². The molecule has 4 nitrogen and oxygen atoms in total. The van der Waals surface area contributed by atoms with E-state index < -0.39 is 12.9 Å². The molecule has 0 bridgehead atoms. The summed E-state index contributed by atoms with van der Waals surface area (Å²) in [5, 5.41) is 0. The van der Waals surface area contributed by atoms with Crippen LogP contribution < -0.4 is 11.5 Å². The summed E-state index contributed by atoms with van der Waals surface area (Å²) in [5.74, 6) is 0.242. The molecule has 26 heavy (non-hydrogen) atoms. The number of carbonyl (C=O) groups is 1. The van der Waals surface area contributed by atoms with Crippen LogP contribution in [0.1, 0.15) is 86.0 Å². The van der Waals surface area contributed by atoms with Gasteiger partial charge in [-0.25, -0.2) is 0 Å². The zero-order valence-electron chi connectivity index (χ0n) is 18.3. The van der Waals surface area contributed by atoms with Gasteiger partial charge in [0.15, 0.2) is 0 Å². The van der Waals surface area contributed by atoms with Crippen LogP contribution in [-0.4, -0.2) is 43.2 Å². The first kappa shape index (κ1) is 25.8. The molecule has 0 rings (SSSR count). The van der Waals surface area contributed by atoms with E-state index in [0.29, 0.717) is 18.9 Å². The number of rotatable bonds is 16. The van der Waals surface area contributed by atoms with Crippen LogP contribution in [0.3, 0.4) is 0 Å². The SMILES string of the molecule is CCCCP(CCCC)(CCCC)(CCCN)OC(=O)[C@H](N)CC(C)C. The average Bonchev–Trinajstić information content (AvgIpc) is 2.61. The molecule has 1 atom stereocenters. The van der Waals surface area contributed by atoms with Gasteiger partial charge in [0.25, 0.3) is 0 Å². The second-order valence-corrected chi connectivity index (χ2v) is 14.3. The zero-order chi connectivity index (χ0) is 20.1. The fourth-order valence-corrected chi connectivity index (χ4v) is 10.6. The summed E-state index contributed by atoms with van der Waals surface area (Å²) >= 11 is 0. The van der Waals surface area contributed by atoms with Crippen LogP contribution in [0.4, 0.5) is 0 Å². The third-order valence-electron chi connectivity index (χ3n) is 5.54. The molecular formula is C21H47N2O2P. The summed E-state index contributed by atoms with van der Waals surface area (Å²) in [7, 11) is 0. The molecule has 0 aliphatic rings. The van der Waals surface area contributed by atoms with Gasteiger partial charge in [0.2, 0.25) is 0 Å². The summed E-state index contributed by atoms with van der Waals surface area (Å²) in [6, 6.07) is -0.501. The van der Waals surface area contributed by atoms with E-state index in [-0.39, 0.29) is 5.97 Å². The van der Waals surface area contributed by atoms with Gasteiger partial charge in [-0.3, -0.25) is 0 Å². The Morgan fingerprint density at radius 1 is 0.885 bits per heavy atom. The molecular weight excluding hydrogens is 343 g/mol. The van der Waals surface area contributed by atoms with Gasteiger partial charge in [0.05, 0.1) is 0 Å². The van der Waals surface area contributed by atoms with E-state index in [4.69, 9.17) is 16.0 Å². The third kappa shape index (κ3) is 8.67. The van der Waals surface area contributed by atoms with Gasteiger partial charge in [-0.2, -0.15) is 0 Å². The Bertz CT molecular complexity index is 345. The molecule has 0 aromatic carbocycles. The summed E-state index contributed by atoms with van der Waals surface area (Å²) in [4.78, 5) is 13.0. The first-order chi connectivity index (χ1) is 12.3. The number of unbranched alkanes of at least 4 members (excludes halogenated alkanes) is 3. The molecule has 0 heterocycles. The summed E-state index contributed by atoms with van der Waals surface area (Å²) in [6.07, 6.45) is 12.6. The Kier molecular flexibility index (Phi) is 13.0. The van der Waals surface area contributed by atoms with Crippen LogP contribution in [0.2, 0.25) is 0 Å². The molecule has 0 saturated heterocycles. The van der Waals surface area contributed by atoms with Crippen molar-refractivity contribution in [3.8, 4) is 0 Å². The van der Waals surface area contributed by atoms with Crippen molar-refractivity contribution in [3.05, 3.63) is 0 Å². The quantitative estimate of drug-likeness (QED) is 0.359. The monoisotopic (exact) mass is 390 g/mol. The molecule has 0 aromatic rings. The van der Waals surface area contributed by atoms with Gasteiger partial charge < -0.3 is 0 Å². The number of hydrogen-bond acceptors (Lipinski definition) is 4. The van der Waals surface area contributed by atoms with Gasteiger partial charge in [-0.1, -0.05) is 0 Å². The van der Waals surface area contributed by atoms with E-state index >= 15 is 0 Å². The topological polar surface area (TPSA) is 78.3 Å². The number of carbonyl (C=O) groups excluding carboxylic acids is 1. The summed E-state index contributed by atoms with van der Waals surface area (Å²) < 4.78 is 6.61. The Morgan fingerprint density at radius 2 is 1.31 bits per heavy atom. The van der Waals surface area contributed by atoms with Gasteiger partial charge in [-0.05, 0) is 0 Å². The minimum absolute atomic E-state index is 0.156. The molecule has 0 fully saturated rings. The molecule has 0 aliphatic heterocycles. The van der Waals surface area contributed by atoms with Crippen molar-refractivity contribution in [3.63, 3.8) is 0 Å². The van der Waals surface area contributed by atoms with Crippen molar-refractivity contribution >= 4 is 12.8 Å². The predicted molar refractivity (Wildman–Crippen MR) is 118 cm³/mol. The van der Waals surface area contributed by atoms with E-state index in [1.807, 2.05) is 0 Å². The normalized spacial score (nSPS) is 14.8. The Labute approximate surface area is 163 Å². The molecule has 0 aliphatic carbocycles. The fourth-order valence-electron chi connectivity index (χ4n) is 3.95. The second-order valence-electron chi connectivity index (χ2n) is 8.60. The van der Waals surface area contributed by atoms with Crippen LogP contribution in [0.15, 0.2) is 0 Å². The van der Waals surface area contributed by atoms with Gasteiger partial charge in [-0.15, -0.1) is 0 Å². The zero-order valence-corrected chi connectivity index (χ0v) is 19.2. The Morgan fingerprint density at radius 3 is 1.65 bits per heavy atom. The standard InChI is InChI=1S/C21H47N2O2P/c1-6-9-14-26(15-10-7-2,16-11-8-3,17-12-13-22)25-21(24)20(23)18-19(4)5/h19-20H,6-18,22-23H2,1-5H3/t20-/m1/s1. The van der Waals surface area contributed by atoms with E-state index in [0.717, 1.165) is 69.6 Å². The first-order valence-electron chi connectivity index (χ1n) is 11.0.